The smallest absolute Gasteiger partial charge is 0.302 e. The molecule has 1 aliphatic heterocycles. The first-order valence-electron chi connectivity index (χ1n) is 6.11. The van der Waals surface area contributed by atoms with Gasteiger partial charge in [-0.1, -0.05) is 0 Å². The number of ether oxygens (including phenoxy) is 1. The summed E-state index contributed by atoms with van der Waals surface area (Å²) >= 11 is 0. The molecular formula is C13H27NO2. The van der Waals surface area contributed by atoms with Gasteiger partial charge in [0.1, 0.15) is 0 Å². The van der Waals surface area contributed by atoms with Crippen molar-refractivity contribution >= 4 is 5.97 Å². The average molecular weight is 229 g/mol. The molecule has 0 aromatic rings. The van der Waals surface area contributed by atoms with Crippen molar-refractivity contribution in [3.05, 3.63) is 0 Å². The Hall–Kier alpha value is -0.570. The first-order valence-corrected chi connectivity index (χ1v) is 6.11. The molecule has 1 fully saturated rings. The van der Waals surface area contributed by atoms with Gasteiger partial charge in [-0.05, 0) is 53.9 Å². The van der Waals surface area contributed by atoms with Gasteiger partial charge in [0.15, 0.2) is 0 Å². The Bertz CT molecular complexity index is 208. The fraction of sp³-hybridized carbons (Fsp3) is 0.923. The Morgan fingerprint density at radius 2 is 1.62 bits per heavy atom. The molecular weight excluding hydrogens is 202 g/mol. The van der Waals surface area contributed by atoms with Crippen molar-refractivity contribution in [1.82, 2.24) is 5.32 Å². The molecule has 1 heterocycles. The maximum atomic E-state index is 9.82. The molecule has 0 aliphatic carbocycles. The molecule has 96 valence electrons. The summed E-state index contributed by atoms with van der Waals surface area (Å²) < 4.78 is 4.40. The van der Waals surface area contributed by atoms with Gasteiger partial charge < -0.3 is 10.1 Å². The number of carbonyl (C=O) groups is 1. The summed E-state index contributed by atoms with van der Waals surface area (Å²) in [5.74, 6) is -0.211. The first kappa shape index (κ1) is 15.4. The van der Waals surface area contributed by atoms with Crippen LogP contribution in [0.4, 0.5) is 0 Å². The van der Waals surface area contributed by atoms with Gasteiger partial charge in [-0.25, -0.2) is 0 Å². The molecule has 0 unspecified atom stereocenters. The van der Waals surface area contributed by atoms with Gasteiger partial charge in [0, 0.05) is 18.0 Å². The fourth-order valence-corrected chi connectivity index (χ4v) is 2.22. The Kier molecular flexibility index (Phi) is 6.01. The third kappa shape index (κ3) is 7.69. The molecule has 1 aliphatic rings. The molecule has 0 radical (unpaired) electrons. The van der Waals surface area contributed by atoms with E-state index >= 15 is 0 Å². The highest BCUT2D eigenvalue weighted by Gasteiger charge is 2.31. The van der Waals surface area contributed by atoms with Crippen molar-refractivity contribution in [1.29, 1.82) is 0 Å². The standard InChI is InChI=1S/C9H19N.C4H8O2/c1-8(2)6-5-7-9(3,4)10-8;1-3-6-4(2)5/h10H,5-7H2,1-4H3;3H2,1-2H3. The van der Waals surface area contributed by atoms with Crippen LogP contribution in [-0.2, 0) is 9.53 Å². The van der Waals surface area contributed by atoms with E-state index in [0.717, 1.165) is 0 Å². The van der Waals surface area contributed by atoms with Crippen molar-refractivity contribution in [2.45, 2.75) is 71.9 Å². The molecule has 0 amide bonds. The normalized spacial score (nSPS) is 21.6. The predicted molar refractivity (Wildman–Crippen MR) is 67.5 cm³/mol. The van der Waals surface area contributed by atoms with E-state index in [1.54, 1.807) is 6.92 Å². The second kappa shape index (κ2) is 6.24. The van der Waals surface area contributed by atoms with E-state index in [2.05, 4.69) is 37.7 Å². The molecule has 0 saturated carbocycles. The maximum Gasteiger partial charge on any atom is 0.302 e. The minimum Gasteiger partial charge on any atom is -0.466 e. The second-order valence-electron chi connectivity index (χ2n) is 5.67. The van der Waals surface area contributed by atoms with Crippen molar-refractivity contribution in [3.63, 3.8) is 0 Å². The summed E-state index contributed by atoms with van der Waals surface area (Å²) in [6.07, 6.45) is 4.00. The highest BCUT2D eigenvalue weighted by atomic mass is 16.5. The fourth-order valence-electron chi connectivity index (χ4n) is 2.22. The van der Waals surface area contributed by atoms with Crippen LogP contribution in [0.15, 0.2) is 0 Å². The number of carbonyl (C=O) groups excluding carboxylic acids is 1. The minimum atomic E-state index is -0.211. The van der Waals surface area contributed by atoms with Crippen LogP contribution in [0.2, 0.25) is 0 Å². The van der Waals surface area contributed by atoms with Crippen LogP contribution in [0, 0.1) is 0 Å². The van der Waals surface area contributed by atoms with E-state index < -0.39 is 0 Å². The van der Waals surface area contributed by atoms with Crippen LogP contribution in [0.3, 0.4) is 0 Å². The average Bonchev–Trinajstić information content (AvgIpc) is 1.99. The molecule has 0 spiro atoms. The van der Waals surface area contributed by atoms with Crippen LogP contribution in [-0.4, -0.2) is 23.7 Å². The Morgan fingerprint density at radius 1 is 1.19 bits per heavy atom. The van der Waals surface area contributed by atoms with E-state index in [9.17, 15) is 4.79 Å². The lowest BCUT2D eigenvalue weighted by Crippen LogP contribution is -2.55. The van der Waals surface area contributed by atoms with Crippen LogP contribution in [0.1, 0.15) is 60.8 Å². The Balaban J connectivity index is 0.000000325. The summed E-state index contributed by atoms with van der Waals surface area (Å²) in [7, 11) is 0. The SMILES string of the molecule is CC1(C)CCCC(C)(C)N1.CCOC(C)=O. The van der Waals surface area contributed by atoms with E-state index in [1.807, 2.05) is 0 Å². The molecule has 0 bridgehead atoms. The van der Waals surface area contributed by atoms with Crippen molar-refractivity contribution in [2.24, 2.45) is 0 Å². The molecule has 3 nitrogen and oxygen atoms in total. The molecule has 1 rings (SSSR count). The monoisotopic (exact) mass is 229 g/mol. The minimum absolute atomic E-state index is 0.211. The van der Waals surface area contributed by atoms with Crippen LogP contribution >= 0.6 is 0 Å². The zero-order valence-electron chi connectivity index (χ0n) is 11.6. The van der Waals surface area contributed by atoms with Crippen LogP contribution in [0.25, 0.3) is 0 Å². The van der Waals surface area contributed by atoms with E-state index in [4.69, 9.17) is 0 Å². The Labute approximate surface area is 99.9 Å². The molecule has 0 aromatic heterocycles. The summed E-state index contributed by atoms with van der Waals surface area (Å²) in [6, 6.07) is 0. The molecule has 16 heavy (non-hydrogen) atoms. The van der Waals surface area contributed by atoms with Gasteiger partial charge in [-0.3, -0.25) is 4.79 Å². The van der Waals surface area contributed by atoms with Gasteiger partial charge in [0.05, 0.1) is 6.61 Å². The summed E-state index contributed by atoms with van der Waals surface area (Å²) in [5, 5.41) is 3.63. The number of esters is 1. The van der Waals surface area contributed by atoms with Gasteiger partial charge in [0.2, 0.25) is 0 Å². The molecule has 1 saturated heterocycles. The van der Waals surface area contributed by atoms with Crippen LogP contribution < -0.4 is 5.32 Å². The first-order chi connectivity index (χ1) is 7.18. The lowest BCUT2D eigenvalue weighted by Gasteiger charge is -2.42. The molecule has 0 aromatic carbocycles. The van der Waals surface area contributed by atoms with Crippen LogP contribution in [0.5, 0.6) is 0 Å². The lowest BCUT2D eigenvalue weighted by molar-refractivity contribution is -0.140. The number of rotatable bonds is 1. The van der Waals surface area contributed by atoms with Gasteiger partial charge in [-0.2, -0.15) is 0 Å². The van der Waals surface area contributed by atoms with Crippen molar-refractivity contribution < 1.29 is 9.53 Å². The van der Waals surface area contributed by atoms with E-state index in [1.165, 1.54) is 26.2 Å². The highest BCUT2D eigenvalue weighted by molar-refractivity contribution is 5.65. The summed E-state index contributed by atoms with van der Waals surface area (Å²) in [5.41, 5.74) is 0.726. The Morgan fingerprint density at radius 3 is 1.75 bits per heavy atom. The summed E-state index contributed by atoms with van der Waals surface area (Å²) in [6.45, 7) is 12.8. The third-order valence-corrected chi connectivity index (χ3v) is 2.63. The maximum absolute atomic E-state index is 9.82. The molecule has 0 atom stereocenters. The van der Waals surface area contributed by atoms with E-state index in [-0.39, 0.29) is 5.97 Å². The van der Waals surface area contributed by atoms with Gasteiger partial charge >= 0.3 is 5.97 Å². The van der Waals surface area contributed by atoms with Crippen molar-refractivity contribution in [2.75, 3.05) is 6.61 Å². The second-order valence-corrected chi connectivity index (χ2v) is 5.67. The number of piperidine rings is 1. The quantitative estimate of drug-likeness (QED) is 0.703. The zero-order valence-corrected chi connectivity index (χ0v) is 11.6. The van der Waals surface area contributed by atoms with Crippen molar-refractivity contribution in [3.8, 4) is 0 Å². The third-order valence-electron chi connectivity index (χ3n) is 2.63. The molecule has 1 N–H and O–H groups in total. The van der Waals surface area contributed by atoms with E-state index in [0.29, 0.717) is 17.7 Å². The largest absolute Gasteiger partial charge is 0.466 e. The van der Waals surface area contributed by atoms with Gasteiger partial charge in [-0.15, -0.1) is 0 Å². The topological polar surface area (TPSA) is 38.3 Å². The zero-order chi connectivity index (χ0) is 12.8. The number of nitrogens with one attached hydrogen (secondary N) is 1. The van der Waals surface area contributed by atoms with Gasteiger partial charge in [0.25, 0.3) is 0 Å². The molecule has 3 heteroatoms. The number of hydrogen-bond acceptors (Lipinski definition) is 3. The number of hydrogen-bond donors (Lipinski definition) is 1. The highest BCUT2D eigenvalue weighted by Crippen LogP contribution is 2.27. The summed E-state index contributed by atoms with van der Waals surface area (Å²) in [4.78, 5) is 9.82. The predicted octanol–water partition coefficient (Wildman–Crippen LogP) is 2.89. The lowest BCUT2D eigenvalue weighted by atomic mass is 9.83.